The number of pyridine rings is 1. The summed E-state index contributed by atoms with van der Waals surface area (Å²) < 4.78 is 20.9. The van der Waals surface area contributed by atoms with Crippen molar-refractivity contribution < 1.29 is 43.9 Å². The molecule has 10 heteroatoms. The number of esters is 2. The molecule has 4 atom stereocenters. The van der Waals surface area contributed by atoms with E-state index < -0.39 is 48.2 Å². The van der Waals surface area contributed by atoms with Crippen LogP contribution in [-0.4, -0.2) is 81.8 Å². The Hall–Kier alpha value is -2.55. The Kier molecular flexibility index (Phi) is 7.89. The predicted molar refractivity (Wildman–Crippen MR) is 101 cm³/mol. The molecule has 0 aliphatic carbocycles. The number of terminal acetylenes is 1. The molecule has 1 saturated heterocycles. The van der Waals surface area contributed by atoms with E-state index in [-0.39, 0.29) is 19.6 Å². The van der Waals surface area contributed by atoms with Gasteiger partial charge in [0.05, 0.1) is 19.8 Å². The first kappa shape index (κ1) is 23.7. The number of hydrogen-bond acceptors (Lipinski definition) is 10. The van der Waals surface area contributed by atoms with Gasteiger partial charge in [-0.2, -0.15) is 0 Å². The Morgan fingerprint density at radius 3 is 2.30 bits per heavy atom. The Labute approximate surface area is 173 Å². The molecule has 1 aliphatic heterocycles. The first-order valence-electron chi connectivity index (χ1n) is 9.34. The zero-order valence-corrected chi connectivity index (χ0v) is 16.7. The number of nitrogens with zero attached hydrogens (tertiary/aromatic N) is 1. The molecule has 0 aromatic carbocycles. The number of rotatable bonds is 9. The topological polar surface area (TPSA) is 145 Å². The molecule has 0 amide bonds. The minimum Gasteiger partial charge on any atom is -0.463 e. The van der Waals surface area contributed by atoms with Crippen LogP contribution in [0.25, 0.3) is 0 Å². The largest absolute Gasteiger partial charge is 0.463 e. The van der Waals surface area contributed by atoms with Gasteiger partial charge in [0.15, 0.2) is 11.9 Å². The maximum atomic E-state index is 12.8. The lowest BCUT2D eigenvalue weighted by molar-refractivity contribution is -0.200. The minimum atomic E-state index is -2.30. The number of carbonyl (C=O) groups is 2. The number of ether oxygens (including phenoxy) is 4. The summed E-state index contributed by atoms with van der Waals surface area (Å²) in [5.74, 6) is -0.0559. The lowest BCUT2D eigenvalue weighted by atomic mass is 9.92. The number of aliphatic hydroxyl groups excluding tert-OH is 2. The van der Waals surface area contributed by atoms with Crippen LogP contribution in [0.2, 0.25) is 0 Å². The van der Waals surface area contributed by atoms with Crippen LogP contribution in [0.4, 0.5) is 0 Å². The fourth-order valence-electron chi connectivity index (χ4n) is 3.00. The summed E-state index contributed by atoms with van der Waals surface area (Å²) in [6.45, 7) is 2.42. The quantitative estimate of drug-likeness (QED) is 0.255. The number of aliphatic hydroxyl groups is 3. The van der Waals surface area contributed by atoms with Gasteiger partial charge in [-0.3, -0.25) is 4.98 Å². The molecule has 3 N–H and O–H groups in total. The lowest BCUT2D eigenvalue weighted by Crippen LogP contribution is -2.56. The van der Waals surface area contributed by atoms with E-state index in [0.29, 0.717) is 5.56 Å². The summed E-state index contributed by atoms with van der Waals surface area (Å²) in [5, 5.41) is 30.1. The second-order valence-corrected chi connectivity index (χ2v) is 6.54. The van der Waals surface area contributed by atoms with Crippen LogP contribution in [0.5, 0.6) is 0 Å². The van der Waals surface area contributed by atoms with Crippen molar-refractivity contribution in [3.05, 3.63) is 30.1 Å². The van der Waals surface area contributed by atoms with Gasteiger partial charge in [0.25, 0.3) is 5.60 Å². The van der Waals surface area contributed by atoms with Gasteiger partial charge in [-0.15, -0.1) is 6.42 Å². The maximum absolute atomic E-state index is 12.8. The van der Waals surface area contributed by atoms with Crippen molar-refractivity contribution in [3.8, 4) is 12.3 Å². The van der Waals surface area contributed by atoms with Crippen LogP contribution in [0.1, 0.15) is 19.4 Å². The highest BCUT2D eigenvalue weighted by molar-refractivity contribution is 6.04. The van der Waals surface area contributed by atoms with E-state index >= 15 is 0 Å². The fourth-order valence-corrected chi connectivity index (χ4v) is 3.00. The van der Waals surface area contributed by atoms with Crippen LogP contribution in [0.15, 0.2) is 24.5 Å². The van der Waals surface area contributed by atoms with Gasteiger partial charge in [0, 0.05) is 18.8 Å². The Bertz CT molecular complexity index is 760. The molecule has 0 saturated carbocycles. The summed E-state index contributed by atoms with van der Waals surface area (Å²) >= 11 is 0. The number of hydrogen-bond donors (Lipinski definition) is 3. The average Bonchev–Trinajstić information content (AvgIpc) is 2.96. The van der Waals surface area contributed by atoms with Gasteiger partial charge in [0.2, 0.25) is 0 Å². The third-order valence-corrected chi connectivity index (χ3v) is 4.64. The van der Waals surface area contributed by atoms with E-state index in [1.165, 1.54) is 12.4 Å². The molecule has 30 heavy (non-hydrogen) atoms. The summed E-state index contributed by atoms with van der Waals surface area (Å²) in [4.78, 5) is 29.6. The van der Waals surface area contributed by atoms with Crippen LogP contribution in [0, 0.1) is 12.3 Å². The van der Waals surface area contributed by atoms with Gasteiger partial charge in [-0.1, -0.05) is 5.92 Å². The van der Waals surface area contributed by atoms with E-state index in [1.54, 1.807) is 26.0 Å². The zero-order valence-electron chi connectivity index (χ0n) is 16.7. The molecule has 1 fully saturated rings. The summed E-state index contributed by atoms with van der Waals surface area (Å²) in [7, 11) is 0. The van der Waals surface area contributed by atoms with Crippen LogP contribution >= 0.6 is 0 Å². The molecule has 164 valence electrons. The highest BCUT2D eigenvalue weighted by Gasteiger charge is 2.57. The summed E-state index contributed by atoms with van der Waals surface area (Å²) in [6.07, 6.45) is 2.95. The predicted octanol–water partition coefficient (Wildman–Crippen LogP) is -1.05. The first-order chi connectivity index (χ1) is 14.2. The van der Waals surface area contributed by atoms with E-state index in [2.05, 4.69) is 4.98 Å². The smallest absolute Gasteiger partial charge is 0.350 e. The monoisotopic (exact) mass is 423 g/mol. The van der Waals surface area contributed by atoms with Crippen molar-refractivity contribution in [2.24, 2.45) is 0 Å². The third-order valence-electron chi connectivity index (χ3n) is 4.64. The summed E-state index contributed by atoms with van der Waals surface area (Å²) in [5.41, 5.74) is -4.03. The van der Waals surface area contributed by atoms with Crippen molar-refractivity contribution in [3.63, 3.8) is 0 Å². The minimum absolute atomic E-state index is 0.0364. The molecule has 2 rings (SSSR count). The Balaban J connectivity index is 2.39. The molecule has 2 heterocycles. The fraction of sp³-hybridized carbons (Fsp3) is 0.550. The van der Waals surface area contributed by atoms with Gasteiger partial charge in [0.1, 0.15) is 12.2 Å². The highest BCUT2D eigenvalue weighted by atomic mass is 16.7. The lowest BCUT2D eigenvalue weighted by Gasteiger charge is -2.32. The molecule has 1 aliphatic rings. The molecule has 1 aromatic heterocycles. The molecular formula is C20H25NO9. The van der Waals surface area contributed by atoms with Crippen LogP contribution in [-0.2, 0) is 35.0 Å². The van der Waals surface area contributed by atoms with E-state index in [1.807, 2.05) is 5.92 Å². The van der Waals surface area contributed by atoms with E-state index in [4.69, 9.17) is 25.4 Å². The number of aromatic nitrogens is 1. The Morgan fingerprint density at radius 2 is 1.80 bits per heavy atom. The second-order valence-electron chi connectivity index (χ2n) is 6.54. The standard InChI is InChI=1S/C20H25NO9/c1-4-19(26)14(30-16(23)15(19)22)12-29-20(17(24)27-5-2,18(25)28-6-3)11-13-7-9-21-10-8-13/h1,7-10,14-16,22-23,26H,5-6,11-12H2,2-3H3/t14-,15+,16?,19-/m1/s1. The third kappa shape index (κ3) is 4.61. The van der Waals surface area contributed by atoms with Gasteiger partial charge in [-0.25, -0.2) is 9.59 Å². The molecule has 0 bridgehead atoms. The molecule has 0 radical (unpaired) electrons. The van der Waals surface area contributed by atoms with Crippen molar-refractivity contribution >= 4 is 11.9 Å². The van der Waals surface area contributed by atoms with Crippen LogP contribution in [0.3, 0.4) is 0 Å². The molecule has 10 nitrogen and oxygen atoms in total. The molecular weight excluding hydrogens is 398 g/mol. The highest BCUT2D eigenvalue weighted by Crippen LogP contribution is 2.32. The molecule has 1 unspecified atom stereocenters. The van der Waals surface area contributed by atoms with Gasteiger partial charge in [-0.05, 0) is 31.5 Å². The average molecular weight is 423 g/mol. The van der Waals surface area contributed by atoms with Crippen molar-refractivity contribution in [2.45, 2.75) is 50.0 Å². The van der Waals surface area contributed by atoms with Crippen LogP contribution < -0.4 is 0 Å². The normalized spacial score (nSPS) is 26.1. The van der Waals surface area contributed by atoms with E-state index in [0.717, 1.165) is 0 Å². The second kappa shape index (κ2) is 9.97. The van der Waals surface area contributed by atoms with Crippen molar-refractivity contribution in [1.82, 2.24) is 4.98 Å². The first-order valence-corrected chi connectivity index (χ1v) is 9.34. The van der Waals surface area contributed by atoms with Gasteiger partial charge < -0.3 is 34.3 Å². The zero-order chi connectivity index (χ0) is 22.4. The molecule has 0 spiro atoms. The van der Waals surface area contributed by atoms with Crippen molar-refractivity contribution in [1.29, 1.82) is 0 Å². The SMILES string of the molecule is C#C[C@@]1(O)[C@@H](COC(Cc2ccncc2)(C(=O)OCC)C(=O)OCC)OC(O)[C@@H]1O. The van der Waals surface area contributed by atoms with E-state index in [9.17, 15) is 24.9 Å². The Morgan fingerprint density at radius 1 is 1.23 bits per heavy atom. The number of carbonyl (C=O) groups excluding carboxylic acids is 2. The van der Waals surface area contributed by atoms with Crippen molar-refractivity contribution in [2.75, 3.05) is 19.8 Å². The maximum Gasteiger partial charge on any atom is 0.350 e. The van der Waals surface area contributed by atoms with Gasteiger partial charge >= 0.3 is 11.9 Å². The molecule has 1 aromatic rings. The summed E-state index contributed by atoms with van der Waals surface area (Å²) in [6, 6.07) is 3.15.